The molecule has 2 aromatic rings. The molecular weight excluding hydrogens is 285 g/mol. The molecule has 6 heteroatoms. The van der Waals surface area contributed by atoms with Gasteiger partial charge in [-0.1, -0.05) is 18.2 Å². The molecule has 0 aliphatic rings. The van der Waals surface area contributed by atoms with Crippen molar-refractivity contribution >= 4 is 11.3 Å². The minimum absolute atomic E-state index is 0.0440. The largest absolute Gasteiger partial charge is 0.417 e. The molecule has 2 nitrogen and oxygen atoms in total. The van der Waals surface area contributed by atoms with Gasteiger partial charge in [-0.2, -0.15) is 13.2 Å². The van der Waals surface area contributed by atoms with Crippen molar-refractivity contribution in [1.82, 2.24) is 10.3 Å². The van der Waals surface area contributed by atoms with E-state index >= 15 is 0 Å². The van der Waals surface area contributed by atoms with Crippen molar-refractivity contribution in [1.29, 1.82) is 0 Å². The van der Waals surface area contributed by atoms with Crippen molar-refractivity contribution in [3.63, 3.8) is 0 Å². The second kappa shape index (κ2) is 5.54. The van der Waals surface area contributed by atoms with E-state index in [2.05, 4.69) is 10.3 Å². The van der Waals surface area contributed by atoms with E-state index in [0.717, 1.165) is 16.0 Å². The molecule has 1 N–H and O–H groups in total. The lowest BCUT2D eigenvalue weighted by Crippen LogP contribution is -2.13. The summed E-state index contributed by atoms with van der Waals surface area (Å²) in [5, 5.41) is 3.81. The predicted octanol–water partition coefficient (Wildman–Crippen LogP) is 4.42. The number of nitrogens with one attached hydrogen (secondary N) is 1. The van der Waals surface area contributed by atoms with Crippen molar-refractivity contribution in [2.75, 3.05) is 7.05 Å². The number of aromatic nitrogens is 1. The van der Waals surface area contributed by atoms with Crippen LogP contribution in [0, 0.1) is 6.92 Å². The highest BCUT2D eigenvalue weighted by Gasteiger charge is 2.34. The van der Waals surface area contributed by atoms with Crippen LogP contribution < -0.4 is 5.32 Å². The lowest BCUT2D eigenvalue weighted by atomic mass is 10.0. The molecule has 1 unspecified atom stereocenters. The number of aryl methyl sites for hydroxylation is 1. The standard InChI is InChI=1S/C14H15F3N2S/c1-8(18-3)13-12(19-9(2)20-13)10-6-4-5-7-11(10)14(15,16)17/h4-8,18H,1-3H3. The van der Waals surface area contributed by atoms with E-state index in [1.54, 1.807) is 20.0 Å². The molecule has 0 amide bonds. The smallest absolute Gasteiger partial charge is 0.312 e. The van der Waals surface area contributed by atoms with Gasteiger partial charge in [-0.05, 0) is 27.0 Å². The van der Waals surface area contributed by atoms with E-state index in [-0.39, 0.29) is 11.6 Å². The predicted molar refractivity (Wildman–Crippen MR) is 74.8 cm³/mol. The van der Waals surface area contributed by atoms with E-state index < -0.39 is 11.7 Å². The first-order valence-corrected chi connectivity index (χ1v) is 6.97. The van der Waals surface area contributed by atoms with Gasteiger partial charge in [0, 0.05) is 16.5 Å². The number of nitrogens with zero attached hydrogens (tertiary/aromatic N) is 1. The van der Waals surface area contributed by atoms with Crippen LogP contribution in [-0.2, 0) is 6.18 Å². The average molecular weight is 300 g/mol. The molecule has 1 atom stereocenters. The summed E-state index contributed by atoms with van der Waals surface area (Å²) in [6.45, 7) is 3.71. The molecule has 0 saturated heterocycles. The van der Waals surface area contributed by atoms with Crippen molar-refractivity contribution in [3.05, 3.63) is 39.7 Å². The third kappa shape index (κ3) is 2.86. The fourth-order valence-corrected chi connectivity index (χ4v) is 3.00. The Morgan fingerprint density at radius 2 is 1.90 bits per heavy atom. The molecule has 1 aromatic carbocycles. The van der Waals surface area contributed by atoms with Crippen LogP contribution in [0.25, 0.3) is 11.3 Å². The van der Waals surface area contributed by atoms with Gasteiger partial charge >= 0.3 is 6.18 Å². The first kappa shape index (κ1) is 15.0. The van der Waals surface area contributed by atoms with Crippen molar-refractivity contribution in [2.24, 2.45) is 0 Å². The number of hydrogen-bond donors (Lipinski definition) is 1. The van der Waals surface area contributed by atoms with Gasteiger partial charge in [0.2, 0.25) is 0 Å². The van der Waals surface area contributed by atoms with Crippen molar-refractivity contribution < 1.29 is 13.2 Å². The molecule has 0 aliphatic carbocycles. The molecule has 20 heavy (non-hydrogen) atoms. The van der Waals surface area contributed by atoms with Crippen LogP contribution in [0.15, 0.2) is 24.3 Å². The van der Waals surface area contributed by atoms with Crippen LogP contribution in [0.1, 0.15) is 28.4 Å². The molecule has 0 aliphatic heterocycles. The molecule has 0 bridgehead atoms. The topological polar surface area (TPSA) is 24.9 Å². The van der Waals surface area contributed by atoms with Gasteiger partial charge in [0.05, 0.1) is 16.3 Å². The summed E-state index contributed by atoms with van der Waals surface area (Å²) in [4.78, 5) is 5.12. The quantitative estimate of drug-likeness (QED) is 0.907. The molecule has 1 aromatic heterocycles. The SMILES string of the molecule is CNC(C)c1sc(C)nc1-c1ccccc1C(F)(F)F. The summed E-state index contributed by atoms with van der Waals surface area (Å²) >= 11 is 1.42. The number of rotatable bonds is 3. The first-order chi connectivity index (χ1) is 9.34. The number of hydrogen-bond acceptors (Lipinski definition) is 3. The summed E-state index contributed by atoms with van der Waals surface area (Å²) in [6, 6.07) is 5.53. The summed E-state index contributed by atoms with van der Waals surface area (Å²) in [7, 11) is 1.78. The fourth-order valence-electron chi connectivity index (χ4n) is 2.00. The molecule has 0 spiro atoms. The van der Waals surface area contributed by atoms with Gasteiger partial charge in [0.25, 0.3) is 0 Å². The van der Waals surface area contributed by atoms with E-state index in [0.29, 0.717) is 5.69 Å². The van der Waals surface area contributed by atoms with Crippen molar-refractivity contribution in [2.45, 2.75) is 26.1 Å². The maximum Gasteiger partial charge on any atom is 0.417 e. The number of alkyl halides is 3. The highest BCUT2D eigenvalue weighted by atomic mass is 32.1. The fraction of sp³-hybridized carbons (Fsp3) is 0.357. The summed E-state index contributed by atoms with van der Waals surface area (Å²) in [6.07, 6.45) is -4.38. The van der Waals surface area contributed by atoms with Crippen LogP contribution >= 0.6 is 11.3 Å². The highest BCUT2D eigenvalue weighted by molar-refractivity contribution is 7.12. The monoisotopic (exact) mass is 300 g/mol. The summed E-state index contributed by atoms with van der Waals surface area (Å²) in [5.41, 5.74) is -0.0846. The zero-order valence-corrected chi connectivity index (χ0v) is 12.2. The van der Waals surface area contributed by atoms with Crippen LogP contribution in [-0.4, -0.2) is 12.0 Å². The Balaban J connectivity index is 2.64. The maximum atomic E-state index is 13.1. The minimum atomic E-state index is -4.38. The second-order valence-corrected chi connectivity index (χ2v) is 5.73. The molecular formula is C14H15F3N2S. The zero-order valence-electron chi connectivity index (χ0n) is 11.4. The number of benzene rings is 1. The minimum Gasteiger partial charge on any atom is -0.312 e. The van der Waals surface area contributed by atoms with Gasteiger partial charge in [-0.3, -0.25) is 0 Å². The van der Waals surface area contributed by atoms with E-state index in [1.807, 2.05) is 6.92 Å². The van der Waals surface area contributed by atoms with Crippen LogP contribution in [0.4, 0.5) is 13.2 Å². The average Bonchev–Trinajstić information content (AvgIpc) is 2.79. The van der Waals surface area contributed by atoms with Crippen LogP contribution in [0.3, 0.4) is 0 Å². The van der Waals surface area contributed by atoms with Gasteiger partial charge in [-0.15, -0.1) is 11.3 Å². The lowest BCUT2D eigenvalue weighted by molar-refractivity contribution is -0.137. The Morgan fingerprint density at radius 1 is 1.25 bits per heavy atom. The summed E-state index contributed by atoms with van der Waals surface area (Å²) < 4.78 is 39.3. The Morgan fingerprint density at radius 3 is 2.50 bits per heavy atom. The number of thiazole rings is 1. The lowest BCUT2D eigenvalue weighted by Gasteiger charge is -2.14. The third-order valence-corrected chi connectivity index (χ3v) is 4.23. The molecule has 0 radical (unpaired) electrons. The molecule has 0 saturated carbocycles. The van der Waals surface area contributed by atoms with E-state index in [1.165, 1.54) is 23.5 Å². The van der Waals surface area contributed by atoms with E-state index in [4.69, 9.17) is 0 Å². The molecule has 0 fully saturated rings. The Bertz CT molecular complexity index is 605. The van der Waals surface area contributed by atoms with E-state index in [9.17, 15) is 13.2 Å². The molecule has 1 heterocycles. The second-order valence-electron chi connectivity index (χ2n) is 4.50. The third-order valence-electron chi connectivity index (χ3n) is 3.07. The molecule has 108 valence electrons. The van der Waals surface area contributed by atoms with Crippen LogP contribution in [0.2, 0.25) is 0 Å². The van der Waals surface area contributed by atoms with Crippen molar-refractivity contribution in [3.8, 4) is 11.3 Å². The Kier molecular flexibility index (Phi) is 4.15. The Hall–Kier alpha value is -1.40. The summed E-state index contributed by atoms with van der Waals surface area (Å²) in [5.74, 6) is 0. The Labute approximate surface area is 119 Å². The van der Waals surface area contributed by atoms with Gasteiger partial charge in [0.15, 0.2) is 0 Å². The maximum absolute atomic E-state index is 13.1. The van der Waals surface area contributed by atoms with Gasteiger partial charge < -0.3 is 5.32 Å². The first-order valence-electron chi connectivity index (χ1n) is 6.15. The number of halogens is 3. The van der Waals surface area contributed by atoms with Gasteiger partial charge in [-0.25, -0.2) is 4.98 Å². The zero-order chi connectivity index (χ0) is 14.9. The molecule has 2 rings (SSSR count). The van der Waals surface area contributed by atoms with Gasteiger partial charge in [0.1, 0.15) is 0 Å². The van der Waals surface area contributed by atoms with Crippen LogP contribution in [0.5, 0.6) is 0 Å². The normalized spacial score (nSPS) is 13.5. The highest BCUT2D eigenvalue weighted by Crippen LogP contribution is 2.40.